The average molecular weight is 269 g/mol. The number of hydrogen-bond acceptors (Lipinski definition) is 2. The van der Waals surface area contributed by atoms with Crippen molar-refractivity contribution in [3.63, 3.8) is 0 Å². The summed E-state index contributed by atoms with van der Waals surface area (Å²) in [7, 11) is 0. The van der Waals surface area contributed by atoms with Crippen molar-refractivity contribution in [1.82, 2.24) is 14.3 Å². The molecular weight excluding hydrogens is 250 g/mol. The van der Waals surface area contributed by atoms with Gasteiger partial charge in [0.2, 0.25) is 6.41 Å². The first-order valence-corrected chi connectivity index (χ1v) is 7.41. The Balaban J connectivity index is 1.51. The van der Waals surface area contributed by atoms with Crippen LogP contribution in [0.1, 0.15) is 37.3 Å². The summed E-state index contributed by atoms with van der Waals surface area (Å²) >= 11 is 0. The third-order valence-electron chi connectivity index (χ3n) is 5.14. The molecule has 1 aliphatic carbocycles. The maximum Gasteiger partial charge on any atom is 0.209 e. The smallest absolute Gasteiger partial charge is 0.209 e. The standard InChI is InChI=1S/C16H19N3O/c20-12-18-10-16(11-18)6-4-13(5-7-16)14-9-17-15-3-1-2-8-19(14)15/h1-3,8-9,12-13H,4-7,10-11H2. The van der Waals surface area contributed by atoms with Crippen molar-refractivity contribution < 1.29 is 4.79 Å². The SMILES string of the molecule is O=CN1CC2(CCC(c3cnc4ccccn34)CC2)C1. The molecule has 2 fully saturated rings. The van der Waals surface area contributed by atoms with Crippen molar-refractivity contribution in [3.8, 4) is 0 Å². The van der Waals surface area contributed by atoms with Crippen LogP contribution in [-0.2, 0) is 4.79 Å². The van der Waals surface area contributed by atoms with Crippen molar-refractivity contribution in [2.45, 2.75) is 31.6 Å². The second-order valence-corrected chi connectivity index (χ2v) is 6.40. The van der Waals surface area contributed by atoms with E-state index in [1.54, 1.807) is 0 Å². The molecule has 20 heavy (non-hydrogen) atoms. The number of carbonyl (C=O) groups is 1. The van der Waals surface area contributed by atoms with E-state index in [9.17, 15) is 4.79 Å². The van der Waals surface area contributed by atoms with E-state index in [-0.39, 0.29) is 0 Å². The summed E-state index contributed by atoms with van der Waals surface area (Å²) in [6, 6.07) is 6.16. The van der Waals surface area contributed by atoms with Crippen molar-refractivity contribution in [1.29, 1.82) is 0 Å². The summed E-state index contributed by atoms with van der Waals surface area (Å²) in [5.74, 6) is 0.614. The topological polar surface area (TPSA) is 37.6 Å². The molecule has 2 aliphatic rings. The molecule has 4 nitrogen and oxygen atoms in total. The highest BCUT2D eigenvalue weighted by Crippen LogP contribution is 2.47. The lowest BCUT2D eigenvalue weighted by Gasteiger charge is -2.52. The van der Waals surface area contributed by atoms with Gasteiger partial charge in [-0.1, -0.05) is 6.07 Å². The van der Waals surface area contributed by atoms with Crippen molar-refractivity contribution >= 4 is 12.1 Å². The Labute approximate surface area is 118 Å². The summed E-state index contributed by atoms with van der Waals surface area (Å²) < 4.78 is 2.22. The molecule has 4 rings (SSSR count). The number of fused-ring (bicyclic) bond motifs is 1. The third kappa shape index (κ3) is 1.74. The molecule has 1 spiro atoms. The first-order valence-electron chi connectivity index (χ1n) is 7.41. The molecule has 0 radical (unpaired) electrons. The Morgan fingerprint density at radius 1 is 1.25 bits per heavy atom. The molecule has 2 aromatic heterocycles. The highest BCUT2D eigenvalue weighted by atomic mass is 16.1. The monoisotopic (exact) mass is 269 g/mol. The number of pyridine rings is 1. The Morgan fingerprint density at radius 2 is 2.05 bits per heavy atom. The molecule has 104 valence electrons. The average Bonchev–Trinajstić information content (AvgIpc) is 2.89. The number of rotatable bonds is 2. The highest BCUT2D eigenvalue weighted by Gasteiger charge is 2.45. The van der Waals surface area contributed by atoms with Gasteiger partial charge in [0.1, 0.15) is 5.65 Å². The van der Waals surface area contributed by atoms with Crippen LogP contribution in [0.3, 0.4) is 0 Å². The minimum absolute atomic E-state index is 0.428. The summed E-state index contributed by atoms with van der Waals surface area (Å²) in [5, 5.41) is 0. The normalized spacial score (nSPS) is 22.1. The quantitative estimate of drug-likeness (QED) is 0.785. The number of imidazole rings is 1. The van der Waals surface area contributed by atoms with Crippen LogP contribution in [0, 0.1) is 5.41 Å². The first kappa shape index (κ1) is 11.9. The number of carbonyl (C=O) groups excluding carboxylic acids is 1. The molecule has 0 bridgehead atoms. The fourth-order valence-electron chi connectivity index (χ4n) is 3.99. The van der Waals surface area contributed by atoms with Gasteiger partial charge in [-0.25, -0.2) is 4.98 Å². The molecule has 3 heterocycles. The molecule has 0 atom stereocenters. The van der Waals surface area contributed by atoms with Crippen LogP contribution in [0.5, 0.6) is 0 Å². The van der Waals surface area contributed by atoms with Gasteiger partial charge in [-0.3, -0.25) is 4.79 Å². The van der Waals surface area contributed by atoms with Crippen LogP contribution in [0.25, 0.3) is 5.65 Å². The summed E-state index contributed by atoms with van der Waals surface area (Å²) in [6.07, 6.45) is 10.0. The Morgan fingerprint density at radius 3 is 2.80 bits per heavy atom. The largest absolute Gasteiger partial charge is 0.344 e. The van der Waals surface area contributed by atoms with Gasteiger partial charge >= 0.3 is 0 Å². The predicted octanol–water partition coefficient (Wildman–Crippen LogP) is 2.45. The molecule has 2 aromatic rings. The van der Waals surface area contributed by atoms with Gasteiger partial charge in [-0.2, -0.15) is 0 Å². The number of nitrogens with zero attached hydrogens (tertiary/aromatic N) is 3. The van der Waals surface area contributed by atoms with Crippen LogP contribution in [0.2, 0.25) is 0 Å². The predicted molar refractivity (Wildman–Crippen MR) is 76.5 cm³/mol. The molecule has 0 aromatic carbocycles. The fourth-order valence-corrected chi connectivity index (χ4v) is 3.99. The minimum Gasteiger partial charge on any atom is -0.344 e. The van der Waals surface area contributed by atoms with Gasteiger partial charge in [0.15, 0.2) is 0 Å². The van der Waals surface area contributed by atoms with E-state index in [1.807, 2.05) is 17.2 Å². The van der Waals surface area contributed by atoms with E-state index in [0.29, 0.717) is 11.3 Å². The minimum atomic E-state index is 0.428. The summed E-state index contributed by atoms with van der Waals surface area (Å²) in [4.78, 5) is 17.1. The first-order chi connectivity index (χ1) is 9.80. The molecule has 0 unspecified atom stereocenters. The molecular formula is C16H19N3O. The Hall–Kier alpha value is -1.84. The van der Waals surface area contributed by atoms with Gasteiger partial charge < -0.3 is 9.30 Å². The lowest BCUT2D eigenvalue weighted by molar-refractivity contribution is -0.131. The number of hydrogen-bond donors (Lipinski definition) is 0. The van der Waals surface area contributed by atoms with Crippen molar-refractivity contribution in [2.75, 3.05) is 13.1 Å². The summed E-state index contributed by atoms with van der Waals surface area (Å²) in [6.45, 7) is 1.94. The Kier molecular flexibility index (Phi) is 2.59. The maximum atomic E-state index is 10.7. The third-order valence-corrected chi connectivity index (χ3v) is 5.14. The van der Waals surface area contributed by atoms with E-state index < -0.39 is 0 Å². The second kappa shape index (κ2) is 4.33. The van der Waals surface area contributed by atoms with Crippen LogP contribution in [0.15, 0.2) is 30.6 Å². The van der Waals surface area contributed by atoms with Gasteiger partial charge in [0, 0.05) is 42.5 Å². The van der Waals surface area contributed by atoms with E-state index in [1.165, 1.54) is 31.4 Å². The zero-order valence-electron chi connectivity index (χ0n) is 11.5. The lowest BCUT2D eigenvalue weighted by atomic mass is 9.65. The number of likely N-dealkylation sites (tertiary alicyclic amines) is 1. The van der Waals surface area contributed by atoms with Gasteiger partial charge in [0.05, 0.1) is 0 Å². The van der Waals surface area contributed by atoms with Crippen molar-refractivity contribution in [2.24, 2.45) is 5.41 Å². The molecule has 0 N–H and O–H groups in total. The zero-order valence-corrected chi connectivity index (χ0v) is 11.5. The van der Waals surface area contributed by atoms with Crippen LogP contribution in [0.4, 0.5) is 0 Å². The van der Waals surface area contributed by atoms with Gasteiger partial charge in [-0.05, 0) is 37.8 Å². The number of aromatic nitrogens is 2. The lowest BCUT2D eigenvalue weighted by Crippen LogP contribution is -2.56. The fraction of sp³-hybridized carbons (Fsp3) is 0.500. The van der Waals surface area contributed by atoms with Crippen LogP contribution in [-0.4, -0.2) is 33.8 Å². The molecule has 1 amide bonds. The van der Waals surface area contributed by atoms with E-state index in [0.717, 1.165) is 25.1 Å². The summed E-state index contributed by atoms with van der Waals surface area (Å²) in [5.41, 5.74) is 2.82. The highest BCUT2D eigenvalue weighted by molar-refractivity contribution is 5.49. The van der Waals surface area contributed by atoms with E-state index >= 15 is 0 Å². The Bertz CT molecular complexity index is 632. The second-order valence-electron chi connectivity index (χ2n) is 6.40. The molecule has 4 heteroatoms. The van der Waals surface area contributed by atoms with Crippen molar-refractivity contribution in [3.05, 3.63) is 36.3 Å². The van der Waals surface area contributed by atoms with E-state index in [2.05, 4.69) is 27.7 Å². The van der Waals surface area contributed by atoms with Gasteiger partial charge in [-0.15, -0.1) is 0 Å². The molecule has 1 saturated heterocycles. The number of amides is 1. The van der Waals surface area contributed by atoms with E-state index in [4.69, 9.17) is 0 Å². The van der Waals surface area contributed by atoms with Gasteiger partial charge in [0.25, 0.3) is 0 Å². The maximum absolute atomic E-state index is 10.7. The zero-order chi connectivity index (χ0) is 13.6. The molecule has 1 aliphatic heterocycles. The van der Waals surface area contributed by atoms with Crippen LogP contribution >= 0.6 is 0 Å². The molecule has 1 saturated carbocycles. The van der Waals surface area contributed by atoms with Crippen LogP contribution < -0.4 is 0 Å².